The molecule has 0 aliphatic rings. The fourth-order valence-corrected chi connectivity index (χ4v) is 1.49. The lowest BCUT2D eigenvalue weighted by Gasteiger charge is -2.14. The van der Waals surface area contributed by atoms with Gasteiger partial charge in [-0.1, -0.05) is 43.4 Å². The molecule has 0 spiro atoms. The van der Waals surface area contributed by atoms with E-state index < -0.39 is 13.5 Å². The van der Waals surface area contributed by atoms with Crippen LogP contribution in [0.25, 0.3) is 0 Å². The van der Waals surface area contributed by atoms with Crippen molar-refractivity contribution in [3.8, 4) is 11.8 Å². The van der Waals surface area contributed by atoms with Crippen LogP contribution >= 0.6 is 0 Å². The molecule has 0 saturated heterocycles. The Hall–Kier alpha value is -1.41. The average Bonchev–Trinajstić information content (AvgIpc) is 2.35. The Balaban J connectivity index is 2.59. The van der Waals surface area contributed by atoms with Gasteiger partial charge in [-0.25, -0.2) is 0 Å². The van der Waals surface area contributed by atoms with Gasteiger partial charge < -0.3 is 17.7 Å². The average molecular weight is 269 g/mol. The number of ether oxygens (including phenoxy) is 1. The zero-order chi connectivity index (χ0) is 14.1. The molecule has 0 heterocycles. The molecule has 104 valence electrons. The molecule has 0 aliphatic carbocycles. The van der Waals surface area contributed by atoms with Gasteiger partial charge in [0.1, 0.15) is 0 Å². The standard InChI is InChI=1S/C14H17BF3O/c1-2-3-4-5-8-13-9-6-7-10-14(13)11-19-12-15(16,17)18/h6-7,9-10H,2-4,11-12H2,1H3/q-1. The first-order chi connectivity index (χ1) is 9.03. The molecular weight excluding hydrogens is 252 g/mol. The molecule has 0 bridgehead atoms. The molecule has 0 radical (unpaired) electrons. The lowest BCUT2D eigenvalue weighted by Crippen LogP contribution is -2.23. The number of unbranched alkanes of at least 4 members (excludes halogenated alkanes) is 2. The molecule has 0 amide bonds. The van der Waals surface area contributed by atoms with Crippen LogP contribution < -0.4 is 0 Å². The van der Waals surface area contributed by atoms with Gasteiger partial charge in [-0.2, -0.15) is 0 Å². The van der Waals surface area contributed by atoms with Crippen molar-refractivity contribution >= 4 is 6.98 Å². The van der Waals surface area contributed by atoms with Crippen molar-refractivity contribution in [3.63, 3.8) is 0 Å². The maximum absolute atomic E-state index is 12.1. The van der Waals surface area contributed by atoms with Crippen LogP contribution in [0.5, 0.6) is 0 Å². The maximum Gasteiger partial charge on any atom is 0.503 e. The molecule has 0 fully saturated rings. The molecular formula is C14H17BF3O-. The number of rotatable bonds is 6. The predicted molar refractivity (Wildman–Crippen MR) is 71.6 cm³/mol. The van der Waals surface area contributed by atoms with E-state index in [4.69, 9.17) is 0 Å². The van der Waals surface area contributed by atoms with Crippen LogP contribution in [0.2, 0.25) is 0 Å². The van der Waals surface area contributed by atoms with Gasteiger partial charge in [-0.3, -0.25) is 0 Å². The Labute approximate surface area is 112 Å². The van der Waals surface area contributed by atoms with E-state index in [-0.39, 0.29) is 6.61 Å². The zero-order valence-corrected chi connectivity index (χ0v) is 11.0. The van der Waals surface area contributed by atoms with Crippen molar-refractivity contribution in [2.75, 3.05) is 6.51 Å². The normalized spacial score (nSPS) is 10.9. The van der Waals surface area contributed by atoms with E-state index in [9.17, 15) is 12.9 Å². The summed E-state index contributed by atoms with van der Waals surface area (Å²) < 4.78 is 40.9. The van der Waals surface area contributed by atoms with Gasteiger partial charge >= 0.3 is 6.98 Å². The van der Waals surface area contributed by atoms with Gasteiger partial charge in [0.25, 0.3) is 0 Å². The molecule has 0 aliphatic heterocycles. The molecule has 1 aromatic carbocycles. The van der Waals surface area contributed by atoms with Crippen LogP contribution in [0.4, 0.5) is 12.9 Å². The second kappa shape index (κ2) is 7.91. The number of halogens is 3. The molecule has 0 unspecified atom stereocenters. The fraction of sp³-hybridized carbons (Fsp3) is 0.429. The lowest BCUT2D eigenvalue weighted by atomic mass is 9.95. The molecule has 1 rings (SSSR count). The summed E-state index contributed by atoms with van der Waals surface area (Å²) in [4.78, 5) is 0. The number of benzene rings is 1. The van der Waals surface area contributed by atoms with E-state index in [1.807, 2.05) is 6.07 Å². The van der Waals surface area contributed by atoms with Gasteiger partial charge in [-0.05, 0) is 18.1 Å². The summed E-state index contributed by atoms with van der Waals surface area (Å²) in [5.41, 5.74) is 1.44. The summed E-state index contributed by atoms with van der Waals surface area (Å²) in [6.45, 7) is -4.03. The maximum atomic E-state index is 12.1. The Bertz CT molecular complexity index is 446. The number of hydrogen-bond donors (Lipinski definition) is 0. The predicted octanol–water partition coefficient (Wildman–Crippen LogP) is 4.13. The first-order valence-corrected chi connectivity index (χ1v) is 6.38. The largest absolute Gasteiger partial charge is 0.503 e. The van der Waals surface area contributed by atoms with Crippen LogP contribution in [0.15, 0.2) is 24.3 Å². The smallest absolute Gasteiger partial charge is 0.447 e. The van der Waals surface area contributed by atoms with Crippen molar-refractivity contribution in [2.45, 2.75) is 32.8 Å². The summed E-state index contributed by atoms with van der Waals surface area (Å²) in [6.07, 6.45) is 2.91. The summed E-state index contributed by atoms with van der Waals surface area (Å²) in [6, 6.07) is 7.14. The molecule has 0 aromatic heterocycles. The molecule has 0 N–H and O–H groups in total. The van der Waals surface area contributed by atoms with Crippen LogP contribution in [0.3, 0.4) is 0 Å². The highest BCUT2D eigenvalue weighted by Crippen LogP contribution is 2.13. The third kappa shape index (κ3) is 6.92. The molecule has 1 nitrogen and oxygen atoms in total. The molecule has 0 saturated carbocycles. The van der Waals surface area contributed by atoms with Gasteiger partial charge in [-0.15, -0.1) is 0 Å². The summed E-state index contributed by atoms with van der Waals surface area (Å²) in [5, 5.41) is 0. The van der Waals surface area contributed by atoms with Crippen molar-refractivity contribution in [2.24, 2.45) is 0 Å². The highest BCUT2D eigenvalue weighted by Gasteiger charge is 2.23. The van der Waals surface area contributed by atoms with Crippen molar-refractivity contribution in [1.29, 1.82) is 0 Å². The highest BCUT2D eigenvalue weighted by molar-refractivity contribution is 6.58. The lowest BCUT2D eigenvalue weighted by molar-refractivity contribution is 0.137. The highest BCUT2D eigenvalue weighted by atomic mass is 19.4. The topological polar surface area (TPSA) is 9.23 Å². The van der Waals surface area contributed by atoms with Gasteiger partial charge in [0.2, 0.25) is 0 Å². The quantitative estimate of drug-likeness (QED) is 0.428. The SMILES string of the molecule is CCCCC#Cc1ccccc1COC[B-](F)(F)F. The Morgan fingerprint density at radius 3 is 2.63 bits per heavy atom. The second-order valence-corrected chi connectivity index (χ2v) is 4.29. The Morgan fingerprint density at radius 2 is 1.95 bits per heavy atom. The van der Waals surface area contributed by atoms with E-state index in [1.54, 1.807) is 18.2 Å². The molecule has 19 heavy (non-hydrogen) atoms. The fourth-order valence-electron chi connectivity index (χ4n) is 1.49. The summed E-state index contributed by atoms with van der Waals surface area (Å²) in [7, 11) is 0. The van der Waals surface area contributed by atoms with Crippen molar-refractivity contribution < 1.29 is 17.7 Å². The molecule has 0 atom stereocenters. The van der Waals surface area contributed by atoms with Gasteiger partial charge in [0, 0.05) is 18.5 Å². The summed E-state index contributed by atoms with van der Waals surface area (Å²) in [5.74, 6) is 6.02. The van der Waals surface area contributed by atoms with E-state index in [0.717, 1.165) is 24.8 Å². The minimum atomic E-state index is -4.89. The van der Waals surface area contributed by atoms with Crippen molar-refractivity contribution in [3.05, 3.63) is 35.4 Å². The van der Waals surface area contributed by atoms with E-state index in [0.29, 0.717) is 5.56 Å². The van der Waals surface area contributed by atoms with Crippen molar-refractivity contribution in [1.82, 2.24) is 0 Å². The van der Waals surface area contributed by atoms with E-state index in [1.165, 1.54) is 0 Å². The zero-order valence-electron chi connectivity index (χ0n) is 11.0. The third-order valence-corrected chi connectivity index (χ3v) is 2.46. The minimum absolute atomic E-state index is 0.0557. The Kier molecular flexibility index (Phi) is 6.51. The van der Waals surface area contributed by atoms with E-state index in [2.05, 4.69) is 23.5 Å². The van der Waals surface area contributed by atoms with Crippen LogP contribution in [0, 0.1) is 11.8 Å². The first kappa shape index (κ1) is 15.7. The second-order valence-electron chi connectivity index (χ2n) is 4.29. The molecule has 5 heteroatoms. The van der Waals surface area contributed by atoms with Crippen LogP contribution in [-0.4, -0.2) is 13.5 Å². The summed E-state index contributed by atoms with van der Waals surface area (Å²) >= 11 is 0. The Morgan fingerprint density at radius 1 is 1.21 bits per heavy atom. The number of hydrogen-bond acceptors (Lipinski definition) is 1. The molecule has 1 aromatic rings. The van der Waals surface area contributed by atoms with E-state index >= 15 is 0 Å². The monoisotopic (exact) mass is 269 g/mol. The van der Waals surface area contributed by atoms with Crippen LogP contribution in [-0.2, 0) is 11.3 Å². The van der Waals surface area contributed by atoms with Gasteiger partial charge in [0.15, 0.2) is 0 Å². The minimum Gasteiger partial charge on any atom is -0.447 e. The van der Waals surface area contributed by atoms with Gasteiger partial charge in [0.05, 0.1) is 6.61 Å². The first-order valence-electron chi connectivity index (χ1n) is 6.38. The van der Waals surface area contributed by atoms with Crippen LogP contribution in [0.1, 0.15) is 37.3 Å². The third-order valence-electron chi connectivity index (χ3n) is 2.46.